The van der Waals surface area contributed by atoms with Crippen LogP contribution in [-0.4, -0.2) is 27.2 Å². The number of rotatable bonds is 9. The second-order valence-electron chi connectivity index (χ2n) is 6.57. The van der Waals surface area contributed by atoms with Crippen molar-refractivity contribution in [1.82, 2.24) is 0 Å². The second kappa shape index (κ2) is 10.7. The van der Waals surface area contributed by atoms with E-state index in [1.54, 1.807) is 45.6 Å². The first-order valence-electron chi connectivity index (χ1n) is 9.69. The number of carbonyl (C=O) groups is 1. The van der Waals surface area contributed by atoms with E-state index in [-0.39, 0.29) is 5.91 Å². The van der Waals surface area contributed by atoms with Crippen molar-refractivity contribution in [2.45, 2.75) is 6.61 Å². The van der Waals surface area contributed by atoms with E-state index in [1.165, 1.54) is 6.08 Å². The molecule has 6 nitrogen and oxygen atoms in total. The van der Waals surface area contributed by atoms with Gasteiger partial charge in [0.05, 0.1) is 27.0 Å². The van der Waals surface area contributed by atoms with Gasteiger partial charge in [0, 0.05) is 12.1 Å². The number of methoxy groups -OCH3 is 3. The number of benzene rings is 3. The molecule has 0 heterocycles. The second-order valence-corrected chi connectivity index (χ2v) is 6.57. The van der Waals surface area contributed by atoms with Gasteiger partial charge in [-0.3, -0.25) is 4.79 Å². The molecule has 0 aliphatic rings. The number of ether oxygens (including phenoxy) is 4. The van der Waals surface area contributed by atoms with Crippen LogP contribution in [0.5, 0.6) is 23.0 Å². The summed E-state index contributed by atoms with van der Waals surface area (Å²) in [6.07, 6.45) is 3.14. The van der Waals surface area contributed by atoms with Crippen LogP contribution in [-0.2, 0) is 11.4 Å². The smallest absolute Gasteiger partial charge is 0.248 e. The Morgan fingerprint density at radius 2 is 1.58 bits per heavy atom. The third-order valence-corrected chi connectivity index (χ3v) is 4.52. The first-order valence-corrected chi connectivity index (χ1v) is 9.69. The fraction of sp³-hybridized carbons (Fsp3) is 0.160. The van der Waals surface area contributed by atoms with Crippen LogP contribution in [0, 0.1) is 0 Å². The third-order valence-electron chi connectivity index (χ3n) is 4.52. The first-order chi connectivity index (χ1) is 15.1. The van der Waals surface area contributed by atoms with E-state index < -0.39 is 0 Å². The van der Waals surface area contributed by atoms with Gasteiger partial charge in [0.15, 0.2) is 11.5 Å². The normalized spacial score (nSPS) is 10.5. The van der Waals surface area contributed by atoms with Gasteiger partial charge >= 0.3 is 0 Å². The molecule has 0 radical (unpaired) electrons. The molecule has 0 atom stereocenters. The number of hydrogen-bond donors (Lipinski definition) is 1. The average molecular weight is 419 g/mol. The van der Waals surface area contributed by atoms with E-state index >= 15 is 0 Å². The molecule has 0 bridgehead atoms. The van der Waals surface area contributed by atoms with Crippen molar-refractivity contribution < 1.29 is 23.7 Å². The number of hydrogen-bond acceptors (Lipinski definition) is 5. The summed E-state index contributed by atoms with van der Waals surface area (Å²) in [5, 5.41) is 2.80. The van der Waals surface area contributed by atoms with Gasteiger partial charge in [-0.1, -0.05) is 36.4 Å². The summed E-state index contributed by atoms with van der Waals surface area (Å²) in [4.78, 5) is 12.4. The van der Waals surface area contributed by atoms with Gasteiger partial charge in [-0.2, -0.15) is 0 Å². The highest BCUT2D eigenvalue weighted by atomic mass is 16.5. The Balaban J connectivity index is 1.67. The molecule has 0 spiro atoms. The van der Waals surface area contributed by atoms with Crippen molar-refractivity contribution in [3.63, 3.8) is 0 Å². The lowest BCUT2D eigenvalue weighted by atomic mass is 10.2. The van der Waals surface area contributed by atoms with Crippen molar-refractivity contribution in [2.24, 2.45) is 0 Å². The number of anilines is 1. The molecule has 0 aromatic heterocycles. The Morgan fingerprint density at radius 3 is 2.29 bits per heavy atom. The molecule has 0 aliphatic carbocycles. The molecular formula is C25H25NO5. The Morgan fingerprint density at radius 1 is 0.839 bits per heavy atom. The zero-order chi connectivity index (χ0) is 22.1. The molecule has 0 fully saturated rings. The summed E-state index contributed by atoms with van der Waals surface area (Å²) in [5.74, 6) is 2.09. The van der Waals surface area contributed by atoms with E-state index in [4.69, 9.17) is 18.9 Å². The monoisotopic (exact) mass is 419 g/mol. The van der Waals surface area contributed by atoms with E-state index in [2.05, 4.69) is 5.32 Å². The summed E-state index contributed by atoms with van der Waals surface area (Å²) in [6, 6.07) is 20.6. The third kappa shape index (κ3) is 6.02. The summed E-state index contributed by atoms with van der Waals surface area (Å²) < 4.78 is 21.8. The summed E-state index contributed by atoms with van der Waals surface area (Å²) in [6.45, 7) is 0.442. The van der Waals surface area contributed by atoms with Gasteiger partial charge < -0.3 is 24.3 Å². The zero-order valence-corrected chi connectivity index (χ0v) is 17.8. The van der Waals surface area contributed by atoms with Crippen molar-refractivity contribution in [2.75, 3.05) is 26.6 Å². The SMILES string of the molecule is COc1ccc(OC)c(NC(=O)/C=C/c2ccc(OCc3ccccc3)c(OC)c2)c1. The predicted octanol–water partition coefficient (Wildman–Crippen LogP) is 4.94. The molecule has 0 unspecified atom stereocenters. The zero-order valence-electron chi connectivity index (χ0n) is 17.8. The van der Waals surface area contributed by atoms with E-state index in [0.29, 0.717) is 35.3 Å². The van der Waals surface area contributed by atoms with Crippen molar-refractivity contribution in [1.29, 1.82) is 0 Å². The minimum Gasteiger partial charge on any atom is -0.497 e. The van der Waals surface area contributed by atoms with Gasteiger partial charge in [0.25, 0.3) is 0 Å². The van der Waals surface area contributed by atoms with Crippen LogP contribution in [0.3, 0.4) is 0 Å². The molecule has 3 aromatic carbocycles. The molecule has 3 aromatic rings. The highest BCUT2D eigenvalue weighted by Crippen LogP contribution is 2.30. The van der Waals surface area contributed by atoms with Gasteiger partial charge in [-0.15, -0.1) is 0 Å². The van der Waals surface area contributed by atoms with Crippen molar-refractivity contribution >= 4 is 17.7 Å². The maximum atomic E-state index is 12.4. The fourth-order valence-corrected chi connectivity index (χ4v) is 2.90. The Bertz CT molecular complexity index is 1050. The van der Waals surface area contributed by atoms with Crippen LogP contribution in [0.15, 0.2) is 72.8 Å². The molecular weight excluding hydrogens is 394 g/mol. The minimum atomic E-state index is -0.296. The van der Waals surface area contributed by atoms with Crippen LogP contribution >= 0.6 is 0 Å². The van der Waals surface area contributed by atoms with Crippen LogP contribution in [0.4, 0.5) is 5.69 Å². The van der Waals surface area contributed by atoms with E-state index in [0.717, 1.165) is 11.1 Å². The molecule has 1 N–H and O–H groups in total. The number of carbonyl (C=O) groups excluding carboxylic acids is 1. The lowest BCUT2D eigenvalue weighted by molar-refractivity contribution is -0.111. The molecule has 0 saturated carbocycles. The first kappa shape index (κ1) is 21.8. The van der Waals surface area contributed by atoms with Crippen LogP contribution in [0.2, 0.25) is 0 Å². The van der Waals surface area contributed by atoms with Crippen LogP contribution in [0.25, 0.3) is 6.08 Å². The minimum absolute atomic E-state index is 0.296. The highest BCUT2D eigenvalue weighted by Gasteiger charge is 2.08. The molecule has 6 heteroatoms. The molecule has 3 rings (SSSR count). The fourth-order valence-electron chi connectivity index (χ4n) is 2.90. The van der Waals surface area contributed by atoms with Gasteiger partial charge in [0.2, 0.25) is 5.91 Å². The summed E-state index contributed by atoms with van der Waals surface area (Å²) >= 11 is 0. The van der Waals surface area contributed by atoms with Gasteiger partial charge in [-0.25, -0.2) is 0 Å². The maximum absolute atomic E-state index is 12.4. The molecule has 160 valence electrons. The topological polar surface area (TPSA) is 66.0 Å². The Kier molecular flexibility index (Phi) is 7.54. The maximum Gasteiger partial charge on any atom is 0.248 e. The van der Waals surface area contributed by atoms with Crippen molar-refractivity contribution in [3.8, 4) is 23.0 Å². The molecule has 1 amide bonds. The lowest BCUT2D eigenvalue weighted by Gasteiger charge is -2.12. The number of nitrogens with one attached hydrogen (secondary N) is 1. The highest BCUT2D eigenvalue weighted by molar-refractivity contribution is 6.02. The quantitative estimate of drug-likeness (QED) is 0.498. The molecule has 31 heavy (non-hydrogen) atoms. The van der Waals surface area contributed by atoms with Crippen LogP contribution in [0.1, 0.15) is 11.1 Å². The number of amides is 1. The lowest BCUT2D eigenvalue weighted by Crippen LogP contribution is -2.09. The predicted molar refractivity (Wildman–Crippen MR) is 121 cm³/mol. The Labute approximate surface area is 182 Å². The summed E-state index contributed by atoms with van der Waals surface area (Å²) in [5.41, 5.74) is 2.40. The molecule has 0 aliphatic heterocycles. The average Bonchev–Trinajstić information content (AvgIpc) is 2.82. The van der Waals surface area contributed by atoms with Gasteiger partial charge in [-0.05, 0) is 41.5 Å². The molecule has 0 saturated heterocycles. The van der Waals surface area contributed by atoms with E-state index in [9.17, 15) is 4.79 Å². The van der Waals surface area contributed by atoms with E-state index in [1.807, 2.05) is 48.5 Å². The van der Waals surface area contributed by atoms with Crippen LogP contribution < -0.4 is 24.3 Å². The Hall–Kier alpha value is -3.93. The summed E-state index contributed by atoms with van der Waals surface area (Å²) in [7, 11) is 4.69. The largest absolute Gasteiger partial charge is 0.497 e. The van der Waals surface area contributed by atoms with Gasteiger partial charge in [0.1, 0.15) is 18.1 Å². The standard InChI is InChI=1S/C25H25NO5/c1-28-20-11-13-22(29-2)21(16-20)26-25(27)14-10-18-9-12-23(24(15-18)30-3)31-17-19-7-5-4-6-8-19/h4-16H,17H2,1-3H3,(H,26,27)/b14-10+. The van der Waals surface area contributed by atoms with Crippen molar-refractivity contribution in [3.05, 3.63) is 83.9 Å².